The molecule has 0 saturated heterocycles. The zero-order chi connectivity index (χ0) is 11.7. The van der Waals surface area contributed by atoms with Crippen LogP contribution in [0.5, 0.6) is 0 Å². The second-order valence-corrected chi connectivity index (χ2v) is 4.82. The van der Waals surface area contributed by atoms with Gasteiger partial charge in [0.1, 0.15) is 5.25 Å². The standard InChI is InChI=1S/C10H11N3O2S/c1-6-3-4-8-11-12-10(13(8)5-6)16-7(2)9(14)15/h3-5,7H,1-2H3,(H,14,15). The van der Waals surface area contributed by atoms with E-state index in [1.807, 2.05) is 25.3 Å². The van der Waals surface area contributed by atoms with Gasteiger partial charge in [-0.15, -0.1) is 10.2 Å². The molecule has 1 unspecified atom stereocenters. The van der Waals surface area contributed by atoms with E-state index in [0.29, 0.717) is 5.16 Å². The van der Waals surface area contributed by atoms with Crippen LogP contribution in [0.15, 0.2) is 23.5 Å². The number of thioether (sulfide) groups is 1. The quantitative estimate of drug-likeness (QED) is 0.821. The second kappa shape index (κ2) is 4.13. The molecule has 2 heterocycles. The molecule has 1 atom stereocenters. The van der Waals surface area contributed by atoms with E-state index in [9.17, 15) is 4.79 Å². The van der Waals surface area contributed by atoms with Crippen LogP contribution in [0.25, 0.3) is 5.65 Å². The van der Waals surface area contributed by atoms with Crippen molar-refractivity contribution >= 4 is 23.4 Å². The molecule has 2 aromatic rings. The largest absolute Gasteiger partial charge is 0.480 e. The van der Waals surface area contributed by atoms with Gasteiger partial charge in [-0.3, -0.25) is 9.20 Å². The van der Waals surface area contributed by atoms with Crippen molar-refractivity contribution in [1.82, 2.24) is 14.6 Å². The number of hydrogen-bond donors (Lipinski definition) is 1. The second-order valence-electron chi connectivity index (χ2n) is 3.52. The van der Waals surface area contributed by atoms with Gasteiger partial charge in [0.05, 0.1) is 0 Å². The lowest BCUT2D eigenvalue weighted by molar-refractivity contribution is -0.136. The summed E-state index contributed by atoms with van der Waals surface area (Å²) in [5.41, 5.74) is 1.81. The molecule has 0 amide bonds. The van der Waals surface area contributed by atoms with Gasteiger partial charge in [0, 0.05) is 6.20 Å². The fraction of sp³-hybridized carbons (Fsp3) is 0.300. The van der Waals surface area contributed by atoms with Crippen LogP contribution in [0, 0.1) is 6.92 Å². The molecule has 0 aliphatic rings. The van der Waals surface area contributed by atoms with E-state index in [4.69, 9.17) is 5.11 Å². The van der Waals surface area contributed by atoms with Crippen LogP contribution in [0.4, 0.5) is 0 Å². The van der Waals surface area contributed by atoms with Crippen molar-refractivity contribution < 1.29 is 9.90 Å². The summed E-state index contributed by atoms with van der Waals surface area (Å²) in [4.78, 5) is 10.8. The zero-order valence-corrected chi connectivity index (χ0v) is 9.73. The molecule has 0 bridgehead atoms. The Bertz CT molecular complexity index is 538. The third kappa shape index (κ3) is 2.01. The Morgan fingerprint density at radius 3 is 2.94 bits per heavy atom. The number of nitrogens with zero attached hydrogens (tertiary/aromatic N) is 3. The molecule has 0 aromatic carbocycles. The molecule has 1 N–H and O–H groups in total. The lowest BCUT2D eigenvalue weighted by Crippen LogP contribution is -2.11. The molecule has 0 aliphatic carbocycles. The predicted molar refractivity (Wildman–Crippen MR) is 60.7 cm³/mol. The minimum absolute atomic E-state index is 0.534. The molecule has 2 rings (SSSR count). The van der Waals surface area contributed by atoms with E-state index in [0.717, 1.165) is 11.2 Å². The smallest absolute Gasteiger partial charge is 0.316 e. The van der Waals surface area contributed by atoms with E-state index < -0.39 is 11.2 Å². The van der Waals surface area contributed by atoms with Gasteiger partial charge >= 0.3 is 5.97 Å². The van der Waals surface area contributed by atoms with Crippen LogP contribution < -0.4 is 0 Å². The summed E-state index contributed by atoms with van der Waals surface area (Å²) in [6.45, 7) is 3.60. The number of carbonyl (C=O) groups is 1. The van der Waals surface area contributed by atoms with Gasteiger partial charge < -0.3 is 5.11 Å². The fourth-order valence-electron chi connectivity index (χ4n) is 1.26. The molecule has 16 heavy (non-hydrogen) atoms. The lowest BCUT2D eigenvalue weighted by Gasteiger charge is -2.04. The van der Waals surface area contributed by atoms with Crippen molar-refractivity contribution in [1.29, 1.82) is 0 Å². The van der Waals surface area contributed by atoms with Crippen molar-refractivity contribution in [2.45, 2.75) is 24.3 Å². The maximum atomic E-state index is 10.8. The summed E-state index contributed by atoms with van der Waals surface area (Å²) in [7, 11) is 0. The van der Waals surface area contributed by atoms with Gasteiger partial charge in [-0.25, -0.2) is 0 Å². The highest BCUT2D eigenvalue weighted by Gasteiger charge is 2.16. The summed E-state index contributed by atoms with van der Waals surface area (Å²) in [6, 6.07) is 3.80. The maximum absolute atomic E-state index is 10.8. The Morgan fingerprint density at radius 1 is 1.50 bits per heavy atom. The number of aliphatic carboxylic acids is 1. The van der Waals surface area contributed by atoms with Crippen molar-refractivity contribution in [3.63, 3.8) is 0 Å². The van der Waals surface area contributed by atoms with E-state index in [2.05, 4.69) is 10.2 Å². The highest BCUT2D eigenvalue weighted by molar-refractivity contribution is 8.00. The average Bonchev–Trinajstić information content (AvgIpc) is 2.61. The third-order valence-corrected chi connectivity index (χ3v) is 3.19. The first-order chi connectivity index (χ1) is 7.58. The molecule has 0 spiro atoms. The van der Waals surface area contributed by atoms with Gasteiger partial charge in [0.25, 0.3) is 0 Å². The highest BCUT2D eigenvalue weighted by atomic mass is 32.2. The number of rotatable bonds is 3. The highest BCUT2D eigenvalue weighted by Crippen LogP contribution is 2.22. The van der Waals surface area contributed by atoms with Gasteiger partial charge in [-0.05, 0) is 25.5 Å². The molecule has 0 radical (unpaired) electrons. The minimum atomic E-state index is -0.852. The fourth-order valence-corrected chi connectivity index (χ4v) is 2.03. The van der Waals surface area contributed by atoms with Gasteiger partial charge in [-0.2, -0.15) is 0 Å². The van der Waals surface area contributed by atoms with Crippen LogP contribution >= 0.6 is 11.8 Å². The van der Waals surface area contributed by atoms with Crippen LogP contribution in [-0.2, 0) is 4.79 Å². The first-order valence-corrected chi connectivity index (χ1v) is 5.67. The van der Waals surface area contributed by atoms with E-state index >= 15 is 0 Å². The third-order valence-electron chi connectivity index (χ3n) is 2.15. The Hall–Kier alpha value is -1.56. The number of pyridine rings is 1. The molecular weight excluding hydrogens is 226 g/mol. The van der Waals surface area contributed by atoms with Gasteiger partial charge in [0.15, 0.2) is 10.8 Å². The van der Waals surface area contributed by atoms with E-state index in [1.165, 1.54) is 11.8 Å². The predicted octanol–water partition coefficient (Wildman–Crippen LogP) is 1.60. The van der Waals surface area contributed by atoms with Crippen LogP contribution in [0.1, 0.15) is 12.5 Å². The Balaban J connectivity index is 2.37. The molecule has 5 nitrogen and oxygen atoms in total. The van der Waals surface area contributed by atoms with Crippen molar-refractivity contribution in [2.75, 3.05) is 0 Å². The van der Waals surface area contributed by atoms with Crippen molar-refractivity contribution in [3.05, 3.63) is 23.9 Å². The number of carboxylic acid groups (broad SMARTS) is 1. The van der Waals surface area contributed by atoms with Crippen molar-refractivity contribution in [2.24, 2.45) is 0 Å². The number of carboxylic acids is 1. The normalized spacial score (nSPS) is 12.9. The Morgan fingerprint density at radius 2 is 2.25 bits per heavy atom. The SMILES string of the molecule is Cc1ccc2nnc(SC(C)C(=O)O)n2c1. The minimum Gasteiger partial charge on any atom is -0.480 e. The summed E-state index contributed by atoms with van der Waals surface area (Å²) >= 11 is 1.19. The molecule has 0 aliphatic heterocycles. The average molecular weight is 237 g/mol. The lowest BCUT2D eigenvalue weighted by atomic mass is 10.3. The Labute approximate surface area is 96.5 Å². The monoisotopic (exact) mass is 237 g/mol. The van der Waals surface area contributed by atoms with Crippen LogP contribution in [-0.4, -0.2) is 30.9 Å². The molecule has 6 heteroatoms. The van der Waals surface area contributed by atoms with Gasteiger partial charge in [0.2, 0.25) is 0 Å². The molecule has 0 fully saturated rings. The van der Waals surface area contributed by atoms with Crippen molar-refractivity contribution in [3.8, 4) is 0 Å². The number of aromatic nitrogens is 3. The Kier molecular flexibility index (Phi) is 2.82. The van der Waals surface area contributed by atoms with Crippen LogP contribution in [0.2, 0.25) is 0 Å². The van der Waals surface area contributed by atoms with E-state index in [1.54, 1.807) is 11.3 Å². The van der Waals surface area contributed by atoms with Gasteiger partial charge in [-0.1, -0.05) is 17.8 Å². The first-order valence-electron chi connectivity index (χ1n) is 4.79. The summed E-state index contributed by atoms with van der Waals surface area (Å²) in [5.74, 6) is -0.852. The molecule has 84 valence electrons. The number of hydrogen-bond acceptors (Lipinski definition) is 4. The summed E-state index contributed by atoms with van der Waals surface area (Å²) in [6.07, 6.45) is 1.90. The zero-order valence-electron chi connectivity index (χ0n) is 8.91. The molecular formula is C10H11N3O2S. The van der Waals surface area contributed by atoms with E-state index in [-0.39, 0.29) is 0 Å². The number of fused-ring (bicyclic) bond motifs is 1. The number of aryl methyl sites for hydroxylation is 1. The molecule has 2 aromatic heterocycles. The summed E-state index contributed by atoms with van der Waals surface area (Å²) in [5, 5.41) is 16.8. The summed E-state index contributed by atoms with van der Waals surface area (Å²) < 4.78 is 1.80. The first kappa shape index (κ1) is 10.9. The topological polar surface area (TPSA) is 67.5 Å². The maximum Gasteiger partial charge on any atom is 0.316 e. The molecule has 0 saturated carbocycles. The van der Waals surface area contributed by atoms with Crippen LogP contribution in [0.3, 0.4) is 0 Å².